The number of rotatable bonds is 5. The van der Waals surface area contributed by atoms with Crippen LogP contribution in [-0.2, 0) is 4.79 Å². The molecule has 0 aromatic heterocycles. The number of amides is 2. The van der Waals surface area contributed by atoms with Gasteiger partial charge in [0.15, 0.2) is 0 Å². The highest BCUT2D eigenvalue weighted by atomic mass is 16.5. The molecular weight excluding hydrogens is 404 g/mol. The molecule has 1 aliphatic rings. The Hall–Kier alpha value is -3.80. The fraction of sp³-hybridized carbons (Fsp3) is 0.231. The second-order valence-corrected chi connectivity index (χ2v) is 7.59. The molecule has 0 bridgehead atoms. The molecular formula is C26H26N2O4. The van der Waals surface area contributed by atoms with Gasteiger partial charge < -0.3 is 19.3 Å². The third-order valence-electron chi connectivity index (χ3n) is 5.74. The van der Waals surface area contributed by atoms with E-state index in [4.69, 9.17) is 9.47 Å². The third-order valence-corrected chi connectivity index (χ3v) is 5.74. The Morgan fingerprint density at radius 1 is 0.844 bits per heavy atom. The molecule has 0 saturated carbocycles. The van der Waals surface area contributed by atoms with E-state index in [0.29, 0.717) is 43.2 Å². The molecule has 1 heterocycles. The summed E-state index contributed by atoms with van der Waals surface area (Å²) < 4.78 is 10.6. The first-order chi connectivity index (χ1) is 15.6. The van der Waals surface area contributed by atoms with Gasteiger partial charge in [-0.2, -0.15) is 0 Å². The van der Waals surface area contributed by atoms with Gasteiger partial charge in [-0.3, -0.25) is 9.59 Å². The van der Waals surface area contributed by atoms with E-state index in [-0.39, 0.29) is 11.8 Å². The minimum atomic E-state index is -0.0832. The quantitative estimate of drug-likeness (QED) is 0.577. The van der Waals surface area contributed by atoms with Gasteiger partial charge in [0, 0.05) is 49.4 Å². The molecule has 32 heavy (non-hydrogen) atoms. The maximum absolute atomic E-state index is 13.1. The van der Waals surface area contributed by atoms with E-state index in [2.05, 4.69) is 0 Å². The summed E-state index contributed by atoms with van der Waals surface area (Å²) in [6.45, 7) is 2.01. The molecule has 3 aromatic carbocycles. The lowest BCUT2D eigenvalue weighted by atomic mass is 10.0. The zero-order valence-electron chi connectivity index (χ0n) is 18.3. The lowest BCUT2D eigenvalue weighted by Gasteiger charge is -2.34. The average molecular weight is 431 g/mol. The number of carbonyl (C=O) groups is 2. The molecule has 1 saturated heterocycles. The maximum atomic E-state index is 13.1. The molecule has 0 atom stereocenters. The largest absolute Gasteiger partial charge is 0.497 e. The van der Waals surface area contributed by atoms with Gasteiger partial charge >= 0.3 is 0 Å². The number of nitrogens with zero attached hydrogens (tertiary/aromatic N) is 2. The third kappa shape index (κ3) is 4.44. The first-order valence-corrected chi connectivity index (χ1v) is 10.6. The average Bonchev–Trinajstić information content (AvgIpc) is 2.86. The lowest BCUT2D eigenvalue weighted by molar-refractivity contribution is -0.127. The summed E-state index contributed by atoms with van der Waals surface area (Å²) in [5.74, 6) is 1.25. The predicted octanol–water partition coefficient (Wildman–Crippen LogP) is 3.85. The van der Waals surface area contributed by atoms with Crippen LogP contribution < -0.4 is 9.47 Å². The van der Waals surface area contributed by atoms with Crippen LogP contribution in [0.1, 0.15) is 15.9 Å². The number of carbonyl (C=O) groups excluding carboxylic acids is 2. The summed E-state index contributed by atoms with van der Waals surface area (Å²) in [6, 6.07) is 19.1. The molecule has 3 aromatic rings. The van der Waals surface area contributed by atoms with Crippen molar-refractivity contribution in [3.05, 3.63) is 77.9 Å². The van der Waals surface area contributed by atoms with Crippen LogP contribution in [-0.4, -0.2) is 62.0 Å². The Balaban J connectivity index is 1.40. The Kier molecular flexibility index (Phi) is 6.40. The maximum Gasteiger partial charge on any atom is 0.254 e. The number of hydrogen-bond donors (Lipinski definition) is 0. The summed E-state index contributed by atoms with van der Waals surface area (Å²) in [7, 11) is 3.18. The Labute approximate surface area is 187 Å². The molecule has 6 heteroatoms. The van der Waals surface area contributed by atoms with Crippen molar-refractivity contribution in [2.45, 2.75) is 0 Å². The van der Waals surface area contributed by atoms with Crippen molar-refractivity contribution < 1.29 is 19.1 Å². The molecule has 0 unspecified atom stereocenters. The molecule has 6 nitrogen and oxygen atoms in total. The molecule has 1 aliphatic heterocycles. The predicted molar refractivity (Wildman–Crippen MR) is 125 cm³/mol. The van der Waals surface area contributed by atoms with Crippen molar-refractivity contribution in [2.24, 2.45) is 0 Å². The minimum absolute atomic E-state index is 0.00686. The molecule has 0 radical (unpaired) electrons. The number of fused-ring (bicyclic) bond motifs is 1. The van der Waals surface area contributed by atoms with E-state index in [1.165, 1.54) is 0 Å². The molecule has 0 spiro atoms. The number of methoxy groups -OCH3 is 2. The van der Waals surface area contributed by atoms with E-state index >= 15 is 0 Å². The topological polar surface area (TPSA) is 59.1 Å². The Morgan fingerprint density at radius 2 is 1.56 bits per heavy atom. The van der Waals surface area contributed by atoms with E-state index in [9.17, 15) is 9.59 Å². The highest BCUT2D eigenvalue weighted by Gasteiger charge is 2.24. The zero-order chi connectivity index (χ0) is 22.5. The van der Waals surface area contributed by atoms with Crippen molar-refractivity contribution in [3.8, 4) is 11.5 Å². The number of hydrogen-bond acceptors (Lipinski definition) is 4. The Bertz CT molecular complexity index is 1160. The van der Waals surface area contributed by atoms with Gasteiger partial charge in [0.2, 0.25) is 5.91 Å². The van der Waals surface area contributed by atoms with Gasteiger partial charge in [-0.05, 0) is 35.0 Å². The molecule has 0 N–H and O–H groups in total. The van der Waals surface area contributed by atoms with Crippen LogP contribution in [0, 0.1) is 0 Å². The fourth-order valence-corrected chi connectivity index (χ4v) is 3.93. The lowest BCUT2D eigenvalue weighted by Crippen LogP contribution is -2.50. The van der Waals surface area contributed by atoms with Crippen molar-refractivity contribution in [3.63, 3.8) is 0 Å². The van der Waals surface area contributed by atoms with Gasteiger partial charge in [0.1, 0.15) is 11.5 Å². The smallest absolute Gasteiger partial charge is 0.254 e. The molecule has 164 valence electrons. The first-order valence-electron chi connectivity index (χ1n) is 10.6. The monoisotopic (exact) mass is 430 g/mol. The summed E-state index contributed by atoms with van der Waals surface area (Å²) in [6.07, 6.45) is 3.29. The van der Waals surface area contributed by atoms with Gasteiger partial charge in [0.05, 0.1) is 14.2 Å². The second kappa shape index (κ2) is 9.56. The van der Waals surface area contributed by atoms with Crippen LogP contribution in [0.2, 0.25) is 0 Å². The number of ether oxygens (including phenoxy) is 2. The summed E-state index contributed by atoms with van der Waals surface area (Å²) in [5, 5.41) is 2.00. The molecule has 0 aliphatic carbocycles. The SMILES string of the molecule is COc1ccc(/C=C/C(=O)N2CCN(C(=O)c3cccc4ccccc34)CC2)c(OC)c1. The van der Waals surface area contributed by atoms with Crippen LogP contribution in [0.3, 0.4) is 0 Å². The standard InChI is InChI=1S/C26H26N2O4/c1-31-21-12-10-20(24(18-21)32-2)11-13-25(29)27-14-16-28(17-15-27)26(30)23-9-5-7-19-6-3-4-8-22(19)23/h3-13,18H,14-17H2,1-2H3/b13-11+. The van der Waals surface area contributed by atoms with Crippen LogP contribution in [0.15, 0.2) is 66.7 Å². The molecule has 4 rings (SSSR count). The van der Waals surface area contributed by atoms with E-state index < -0.39 is 0 Å². The van der Waals surface area contributed by atoms with Crippen LogP contribution in [0.5, 0.6) is 11.5 Å². The van der Waals surface area contributed by atoms with Crippen LogP contribution >= 0.6 is 0 Å². The van der Waals surface area contributed by atoms with Crippen LogP contribution in [0.25, 0.3) is 16.8 Å². The highest BCUT2D eigenvalue weighted by molar-refractivity contribution is 6.07. The fourth-order valence-electron chi connectivity index (χ4n) is 3.93. The van der Waals surface area contributed by atoms with Gasteiger partial charge in [0.25, 0.3) is 5.91 Å². The van der Waals surface area contributed by atoms with Crippen molar-refractivity contribution in [2.75, 3.05) is 40.4 Å². The summed E-state index contributed by atoms with van der Waals surface area (Å²) in [5.41, 5.74) is 1.50. The summed E-state index contributed by atoms with van der Waals surface area (Å²) in [4.78, 5) is 29.4. The highest BCUT2D eigenvalue weighted by Crippen LogP contribution is 2.26. The van der Waals surface area contributed by atoms with Crippen LogP contribution in [0.4, 0.5) is 0 Å². The minimum Gasteiger partial charge on any atom is -0.497 e. The van der Waals surface area contributed by atoms with Crippen molar-refractivity contribution in [1.29, 1.82) is 0 Å². The van der Waals surface area contributed by atoms with Crippen molar-refractivity contribution in [1.82, 2.24) is 9.80 Å². The van der Waals surface area contributed by atoms with E-state index in [0.717, 1.165) is 16.3 Å². The first kappa shape index (κ1) is 21.4. The van der Waals surface area contributed by atoms with Gasteiger partial charge in [-0.15, -0.1) is 0 Å². The van der Waals surface area contributed by atoms with E-state index in [1.807, 2.05) is 59.5 Å². The number of benzene rings is 3. The van der Waals surface area contributed by atoms with Gasteiger partial charge in [-0.25, -0.2) is 0 Å². The van der Waals surface area contributed by atoms with Gasteiger partial charge in [-0.1, -0.05) is 36.4 Å². The molecule has 2 amide bonds. The molecule has 1 fully saturated rings. The Morgan fingerprint density at radius 3 is 2.31 bits per heavy atom. The van der Waals surface area contributed by atoms with E-state index in [1.54, 1.807) is 37.3 Å². The van der Waals surface area contributed by atoms with Crippen molar-refractivity contribution >= 4 is 28.7 Å². The summed E-state index contributed by atoms with van der Waals surface area (Å²) >= 11 is 0. The second-order valence-electron chi connectivity index (χ2n) is 7.59. The zero-order valence-corrected chi connectivity index (χ0v) is 18.3. The normalized spacial score (nSPS) is 14.1. The number of piperazine rings is 1.